The zero-order chi connectivity index (χ0) is 46.6. The Bertz CT molecular complexity index is 1310. The molecule has 21 heteroatoms. The van der Waals surface area contributed by atoms with Crippen molar-refractivity contribution in [2.24, 2.45) is 17.8 Å². The lowest BCUT2D eigenvalue weighted by atomic mass is 9.93. The summed E-state index contributed by atoms with van der Waals surface area (Å²) < 4.78 is 67.3. The number of thioether (sulfide) groups is 3. The number of esters is 6. The van der Waals surface area contributed by atoms with E-state index in [9.17, 15) is 38.3 Å². The number of methoxy groups -OCH3 is 1. The Labute approximate surface area is 371 Å². The Morgan fingerprint density at radius 3 is 1.02 bits per heavy atom. The molecular weight excluding hydrogens is 868 g/mol. The normalized spacial score (nSPS) is 33.2. The fourth-order valence-corrected chi connectivity index (χ4v) is 9.88. The van der Waals surface area contributed by atoms with Crippen molar-refractivity contribution in [3.8, 4) is 0 Å². The molecule has 17 nitrogen and oxygen atoms in total. The summed E-state index contributed by atoms with van der Waals surface area (Å²) >= 11 is 4.71. The zero-order valence-electron chi connectivity index (χ0n) is 37.5. The largest absolute Gasteiger partial charge is 0.458 e. The van der Waals surface area contributed by atoms with E-state index in [0.29, 0.717) is 0 Å². The number of carbonyl (C=O) groups is 6. The first-order valence-electron chi connectivity index (χ1n) is 20.2. The van der Waals surface area contributed by atoms with Gasteiger partial charge in [0, 0.05) is 66.4 Å². The van der Waals surface area contributed by atoms with Gasteiger partial charge in [-0.05, 0) is 17.3 Å². The highest BCUT2D eigenvalue weighted by atomic mass is 32.2. The maximum Gasteiger partial charge on any atom is 0.303 e. The van der Waals surface area contributed by atoms with Crippen LogP contribution in [0, 0.1) is 17.8 Å². The van der Waals surface area contributed by atoms with Crippen molar-refractivity contribution in [2.45, 2.75) is 154 Å². The molecule has 3 fully saturated rings. The van der Waals surface area contributed by atoms with Gasteiger partial charge in [0.2, 0.25) is 0 Å². The van der Waals surface area contributed by atoms with E-state index in [1.165, 1.54) is 53.3 Å². The Morgan fingerprint density at radius 1 is 0.492 bits per heavy atom. The van der Waals surface area contributed by atoms with Gasteiger partial charge in [-0.1, -0.05) is 41.5 Å². The Morgan fingerprint density at radius 2 is 0.754 bits per heavy atom. The fourth-order valence-electron chi connectivity index (χ4n) is 6.86. The Hall–Kier alpha value is -2.40. The molecule has 3 aliphatic rings. The number of hydrogen-bond donors (Lipinski definition) is 1. The Kier molecular flexibility index (Phi) is 27.0. The molecule has 3 rings (SSSR count). The highest BCUT2D eigenvalue weighted by molar-refractivity contribution is 8.00. The van der Waals surface area contributed by atoms with Gasteiger partial charge in [-0.15, -0.1) is 35.3 Å². The van der Waals surface area contributed by atoms with Crippen molar-refractivity contribution in [3.63, 3.8) is 0 Å². The molecular formula is C40H67FO17S3. The molecule has 0 aromatic carbocycles. The van der Waals surface area contributed by atoms with E-state index in [4.69, 9.17) is 47.4 Å². The number of aliphatic hydroxyl groups excluding tert-OH is 1. The van der Waals surface area contributed by atoms with Crippen molar-refractivity contribution in [2.75, 3.05) is 44.3 Å². The van der Waals surface area contributed by atoms with Gasteiger partial charge in [-0.2, -0.15) is 0 Å². The third-order valence-electron chi connectivity index (χ3n) is 9.31. The molecule has 6 unspecified atom stereocenters. The lowest BCUT2D eigenvalue weighted by molar-refractivity contribution is -0.216. The van der Waals surface area contributed by atoms with Crippen LogP contribution in [-0.4, -0.2) is 156 Å². The molecule has 3 saturated heterocycles. The summed E-state index contributed by atoms with van der Waals surface area (Å²) in [5.74, 6) is -0.749. The summed E-state index contributed by atoms with van der Waals surface area (Å²) in [5, 5.41) is 9.43. The van der Waals surface area contributed by atoms with Gasteiger partial charge >= 0.3 is 35.8 Å². The average Bonchev–Trinajstić information content (AvgIpc) is 3.16. The molecule has 15 atom stereocenters. The highest BCUT2D eigenvalue weighted by Gasteiger charge is 2.50. The number of rotatable bonds is 16. The predicted octanol–water partition coefficient (Wildman–Crippen LogP) is 4.50. The molecule has 0 aromatic rings. The first kappa shape index (κ1) is 56.6. The fraction of sp³-hybridized carbons (Fsp3) is 0.850. The third-order valence-corrected chi connectivity index (χ3v) is 12.9. The van der Waals surface area contributed by atoms with E-state index in [1.54, 1.807) is 30.6 Å². The van der Waals surface area contributed by atoms with Crippen LogP contribution in [-0.2, 0) is 76.1 Å². The summed E-state index contributed by atoms with van der Waals surface area (Å²) in [6.45, 7) is 18.6. The topological polar surface area (TPSA) is 215 Å². The summed E-state index contributed by atoms with van der Waals surface area (Å²) in [7, 11) is 1.55. The van der Waals surface area contributed by atoms with Gasteiger partial charge in [-0.25, -0.2) is 4.39 Å². The molecule has 0 spiro atoms. The number of hydrogen-bond acceptors (Lipinski definition) is 20. The third kappa shape index (κ3) is 18.7. The maximum absolute atomic E-state index is 13.2. The van der Waals surface area contributed by atoms with E-state index in [-0.39, 0.29) is 47.3 Å². The minimum absolute atomic E-state index is 0.0868. The van der Waals surface area contributed by atoms with Crippen LogP contribution in [0.25, 0.3) is 0 Å². The van der Waals surface area contributed by atoms with Gasteiger partial charge < -0.3 is 52.5 Å². The van der Waals surface area contributed by atoms with Crippen molar-refractivity contribution in [1.82, 2.24) is 0 Å². The summed E-state index contributed by atoms with van der Waals surface area (Å²) in [6, 6.07) is 0. The van der Waals surface area contributed by atoms with Crippen LogP contribution < -0.4 is 0 Å². The van der Waals surface area contributed by atoms with Gasteiger partial charge in [0.25, 0.3) is 0 Å². The minimum atomic E-state index is -0.913. The molecule has 0 amide bonds. The van der Waals surface area contributed by atoms with Gasteiger partial charge in [0.15, 0.2) is 18.3 Å². The van der Waals surface area contributed by atoms with Crippen molar-refractivity contribution in [1.29, 1.82) is 0 Å². The number of alkyl halides is 1. The van der Waals surface area contributed by atoms with Crippen molar-refractivity contribution < 1.29 is 85.6 Å². The molecule has 0 radical (unpaired) electrons. The first-order valence-corrected chi connectivity index (χ1v) is 23.4. The van der Waals surface area contributed by atoms with Crippen LogP contribution in [0.5, 0.6) is 0 Å². The van der Waals surface area contributed by atoms with Crippen molar-refractivity contribution in [3.05, 3.63) is 0 Å². The number of halogens is 1. The van der Waals surface area contributed by atoms with Gasteiger partial charge in [-0.3, -0.25) is 28.8 Å². The minimum Gasteiger partial charge on any atom is -0.458 e. The average molecular weight is 935 g/mol. The molecule has 0 aromatic heterocycles. The van der Waals surface area contributed by atoms with Crippen LogP contribution in [0.2, 0.25) is 0 Å². The first-order chi connectivity index (χ1) is 28.7. The Balaban J connectivity index is 0.000000458. The summed E-state index contributed by atoms with van der Waals surface area (Å²) in [4.78, 5) is 67.6. The van der Waals surface area contributed by atoms with Crippen LogP contribution in [0.15, 0.2) is 0 Å². The number of aliphatic hydroxyl groups is 1. The van der Waals surface area contributed by atoms with Gasteiger partial charge in [0.1, 0.15) is 59.6 Å². The molecule has 0 bridgehead atoms. The number of carbonyl (C=O) groups excluding carboxylic acids is 6. The van der Waals surface area contributed by atoms with E-state index in [1.807, 2.05) is 41.5 Å². The second-order valence-electron chi connectivity index (χ2n) is 14.3. The molecule has 0 aliphatic carbocycles. The predicted molar refractivity (Wildman–Crippen MR) is 226 cm³/mol. The van der Waals surface area contributed by atoms with E-state index in [0.717, 1.165) is 17.3 Å². The maximum atomic E-state index is 13.2. The molecule has 61 heavy (non-hydrogen) atoms. The monoisotopic (exact) mass is 934 g/mol. The molecule has 3 aliphatic heterocycles. The molecule has 1 N–H and O–H groups in total. The lowest BCUT2D eigenvalue weighted by Crippen LogP contribution is -2.57. The summed E-state index contributed by atoms with van der Waals surface area (Å²) in [5.41, 5.74) is -0.642. The second-order valence-corrected chi connectivity index (χ2v) is 18.4. The zero-order valence-corrected chi connectivity index (χ0v) is 39.9. The standard InChI is InChI=1S/C14H24O6S.C13H21FO5S.C13H22O6S/c1-6-21-14-8(2)12(18-9(3)15)13(19-10(4)16)11(20-14)7-17-5;2*1-5-20-13-7(2)11(17-8(3)15)12(18-9(4)16)10(6-14)19-13/h8,11-14H,6-7H2,1-5H3;7,10-13H,5-6H2,1-4H3;7,10-14H,5-6H2,1-4H3/t8?,11?,12-,13-,14-;2*7?,10?,11-,12-,13-/m111/s1. The molecule has 0 saturated carbocycles. The highest BCUT2D eigenvalue weighted by Crippen LogP contribution is 2.38. The van der Waals surface area contributed by atoms with E-state index in [2.05, 4.69) is 0 Å². The van der Waals surface area contributed by atoms with Crippen molar-refractivity contribution >= 4 is 71.1 Å². The van der Waals surface area contributed by atoms with E-state index >= 15 is 0 Å². The molecule has 354 valence electrons. The SMILES string of the molecule is CCS[C@H]1OC(CF)[C@@H](OC(C)=O)[C@H](OC(C)=O)C1C.CCS[C@H]1OC(CO)[C@@H](OC(C)=O)[C@H](OC(C)=O)C1C.CCS[C@H]1OC(COC)[C@@H](OC(C)=O)[C@H](OC(C)=O)C1C. The molecule has 3 heterocycles. The lowest BCUT2D eigenvalue weighted by Gasteiger charge is -2.44. The second kappa shape index (κ2) is 29.1. The van der Waals surface area contributed by atoms with Gasteiger partial charge in [0.05, 0.1) is 13.2 Å². The van der Waals surface area contributed by atoms with Crippen LogP contribution >= 0.6 is 35.3 Å². The van der Waals surface area contributed by atoms with Crippen LogP contribution in [0.3, 0.4) is 0 Å². The van der Waals surface area contributed by atoms with Crippen LogP contribution in [0.1, 0.15) is 83.1 Å². The number of ether oxygens (including phenoxy) is 10. The van der Waals surface area contributed by atoms with Crippen LogP contribution in [0.4, 0.5) is 4.39 Å². The summed E-state index contributed by atoms with van der Waals surface area (Å²) in [6.07, 6.45) is -6.27. The van der Waals surface area contributed by atoms with E-state index < -0.39 is 97.4 Å². The quantitative estimate of drug-likeness (QED) is 0.167. The smallest absolute Gasteiger partial charge is 0.303 e.